The van der Waals surface area contributed by atoms with Gasteiger partial charge >= 0.3 is 0 Å². The first-order chi connectivity index (χ1) is 10.1. The molecular weight excluding hydrogens is 264 g/mol. The van der Waals surface area contributed by atoms with Gasteiger partial charge in [0.15, 0.2) is 0 Å². The summed E-state index contributed by atoms with van der Waals surface area (Å²) in [6, 6.07) is 7.44. The Bertz CT molecular complexity index is 679. The third kappa shape index (κ3) is 3.98. The van der Waals surface area contributed by atoms with E-state index in [4.69, 9.17) is 10.2 Å². The smallest absolute Gasteiger partial charge is 0.253 e. The molecule has 21 heavy (non-hydrogen) atoms. The molecule has 2 rings (SSSR count). The Balaban J connectivity index is 2.20. The molecule has 108 valence electrons. The zero-order chi connectivity index (χ0) is 15.2. The SMILES string of the molecule is Cc1cc(C#CCN)cc(C(=O)N(C)Cc2ccoc2)c1. The largest absolute Gasteiger partial charge is 0.472 e. The summed E-state index contributed by atoms with van der Waals surface area (Å²) in [6.45, 7) is 2.76. The lowest BCUT2D eigenvalue weighted by Crippen LogP contribution is -2.26. The van der Waals surface area contributed by atoms with Crippen LogP contribution in [-0.4, -0.2) is 24.4 Å². The molecule has 1 aromatic heterocycles. The minimum Gasteiger partial charge on any atom is -0.472 e. The molecule has 0 unspecified atom stereocenters. The van der Waals surface area contributed by atoms with Gasteiger partial charge in [-0.1, -0.05) is 11.8 Å². The first-order valence-corrected chi connectivity index (χ1v) is 6.67. The van der Waals surface area contributed by atoms with Crippen LogP contribution in [-0.2, 0) is 6.54 Å². The number of rotatable bonds is 3. The summed E-state index contributed by atoms with van der Waals surface area (Å²) in [4.78, 5) is 14.1. The van der Waals surface area contributed by atoms with Gasteiger partial charge < -0.3 is 15.1 Å². The van der Waals surface area contributed by atoms with Gasteiger partial charge in [-0.15, -0.1) is 0 Å². The van der Waals surface area contributed by atoms with Gasteiger partial charge in [-0.3, -0.25) is 4.79 Å². The minimum absolute atomic E-state index is 0.0456. The number of amides is 1. The Labute approximate surface area is 124 Å². The topological polar surface area (TPSA) is 59.5 Å². The van der Waals surface area contributed by atoms with E-state index in [-0.39, 0.29) is 5.91 Å². The van der Waals surface area contributed by atoms with Crippen LogP contribution in [0.15, 0.2) is 41.2 Å². The van der Waals surface area contributed by atoms with Gasteiger partial charge in [0, 0.05) is 30.3 Å². The fourth-order valence-electron chi connectivity index (χ4n) is 2.08. The lowest BCUT2D eigenvalue weighted by atomic mass is 10.1. The van der Waals surface area contributed by atoms with E-state index in [1.165, 1.54) is 0 Å². The van der Waals surface area contributed by atoms with Crippen molar-refractivity contribution in [2.75, 3.05) is 13.6 Å². The van der Waals surface area contributed by atoms with Crippen LogP contribution in [0.2, 0.25) is 0 Å². The average molecular weight is 282 g/mol. The quantitative estimate of drug-likeness (QED) is 0.878. The average Bonchev–Trinajstić information content (AvgIpc) is 2.96. The second kappa shape index (κ2) is 6.78. The van der Waals surface area contributed by atoms with Gasteiger partial charge in [0.25, 0.3) is 5.91 Å². The van der Waals surface area contributed by atoms with E-state index < -0.39 is 0 Å². The van der Waals surface area contributed by atoms with Crippen molar-refractivity contribution >= 4 is 5.91 Å². The molecule has 2 N–H and O–H groups in total. The van der Waals surface area contributed by atoms with E-state index in [9.17, 15) is 4.79 Å². The van der Waals surface area contributed by atoms with Crippen molar-refractivity contribution in [2.45, 2.75) is 13.5 Å². The summed E-state index contributed by atoms with van der Waals surface area (Å²) in [6.07, 6.45) is 3.24. The standard InChI is InChI=1S/C17H18N2O2/c1-13-8-14(4-3-6-18)10-16(9-13)17(20)19(2)11-15-5-7-21-12-15/h5,7-10,12H,6,11,18H2,1-2H3. The molecule has 0 aliphatic carbocycles. The van der Waals surface area contributed by atoms with E-state index in [0.29, 0.717) is 18.7 Å². The molecule has 0 atom stereocenters. The summed E-state index contributed by atoms with van der Waals surface area (Å²) < 4.78 is 5.02. The summed E-state index contributed by atoms with van der Waals surface area (Å²) >= 11 is 0. The number of carbonyl (C=O) groups excluding carboxylic acids is 1. The summed E-state index contributed by atoms with van der Waals surface area (Å²) in [5.74, 6) is 5.72. The molecule has 0 spiro atoms. The van der Waals surface area contributed by atoms with E-state index in [2.05, 4.69) is 11.8 Å². The molecule has 0 fully saturated rings. The molecule has 0 radical (unpaired) electrons. The molecule has 0 aliphatic heterocycles. The van der Waals surface area contributed by atoms with Crippen molar-refractivity contribution in [2.24, 2.45) is 5.73 Å². The predicted molar refractivity (Wildman–Crippen MR) is 81.6 cm³/mol. The van der Waals surface area contributed by atoms with E-state index in [1.807, 2.05) is 25.1 Å². The van der Waals surface area contributed by atoms with Crippen molar-refractivity contribution in [1.82, 2.24) is 4.90 Å². The number of furan rings is 1. The van der Waals surface area contributed by atoms with Crippen molar-refractivity contribution in [1.29, 1.82) is 0 Å². The normalized spacial score (nSPS) is 9.86. The van der Waals surface area contributed by atoms with Gasteiger partial charge in [0.1, 0.15) is 0 Å². The Morgan fingerprint density at radius 1 is 1.38 bits per heavy atom. The van der Waals surface area contributed by atoms with Crippen LogP contribution >= 0.6 is 0 Å². The number of hydrogen-bond acceptors (Lipinski definition) is 3. The molecule has 4 nitrogen and oxygen atoms in total. The van der Waals surface area contributed by atoms with Crippen LogP contribution in [0.25, 0.3) is 0 Å². The molecule has 1 amide bonds. The number of hydrogen-bond donors (Lipinski definition) is 1. The zero-order valence-corrected chi connectivity index (χ0v) is 12.2. The lowest BCUT2D eigenvalue weighted by Gasteiger charge is -2.16. The predicted octanol–water partition coefficient (Wildman–Crippen LogP) is 2.17. The molecule has 0 bridgehead atoms. The Morgan fingerprint density at radius 2 is 2.19 bits per heavy atom. The summed E-state index contributed by atoms with van der Waals surface area (Å²) in [7, 11) is 1.77. The molecule has 1 heterocycles. The van der Waals surface area contributed by atoms with Crippen LogP contribution in [0.3, 0.4) is 0 Å². The summed E-state index contributed by atoms with van der Waals surface area (Å²) in [5.41, 5.74) is 8.77. The molecule has 4 heteroatoms. The molecular formula is C17H18N2O2. The van der Waals surface area contributed by atoms with Crippen molar-refractivity contribution in [3.05, 3.63) is 59.0 Å². The number of nitrogens with two attached hydrogens (primary N) is 1. The second-order valence-corrected chi connectivity index (χ2v) is 4.89. The van der Waals surface area contributed by atoms with Crippen LogP contribution in [0.5, 0.6) is 0 Å². The second-order valence-electron chi connectivity index (χ2n) is 4.89. The molecule has 1 aromatic carbocycles. The van der Waals surface area contributed by atoms with Gasteiger partial charge in [-0.05, 0) is 36.8 Å². The minimum atomic E-state index is -0.0456. The maximum Gasteiger partial charge on any atom is 0.253 e. The highest BCUT2D eigenvalue weighted by Crippen LogP contribution is 2.13. The molecule has 0 saturated carbocycles. The van der Waals surface area contributed by atoms with E-state index in [1.54, 1.807) is 30.5 Å². The highest BCUT2D eigenvalue weighted by molar-refractivity contribution is 5.94. The first-order valence-electron chi connectivity index (χ1n) is 6.67. The van der Waals surface area contributed by atoms with Crippen LogP contribution in [0.4, 0.5) is 0 Å². The Kier molecular flexibility index (Phi) is 4.81. The number of nitrogens with zero attached hydrogens (tertiary/aromatic N) is 1. The van der Waals surface area contributed by atoms with Gasteiger partial charge in [-0.2, -0.15) is 0 Å². The highest BCUT2D eigenvalue weighted by atomic mass is 16.3. The van der Waals surface area contributed by atoms with Crippen LogP contribution in [0, 0.1) is 18.8 Å². The fourth-order valence-corrected chi connectivity index (χ4v) is 2.08. The van der Waals surface area contributed by atoms with Gasteiger partial charge in [-0.25, -0.2) is 0 Å². The summed E-state index contributed by atoms with van der Waals surface area (Å²) in [5, 5.41) is 0. The Morgan fingerprint density at radius 3 is 2.86 bits per heavy atom. The van der Waals surface area contributed by atoms with Crippen molar-refractivity contribution in [3.8, 4) is 11.8 Å². The highest BCUT2D eigenvalue weighted by Gasteiger charge is 2.13. The maximum atomic E-state index is 12.5. The number of aryl methyl sites for hydroxylation is 1. The molecule has 0 aliphatic rings. The molecule has 0 saturated heterocycles. The number of benzene rings is 1. The van der Waals surface area contributed by atoms with E-state index >= 15 is 0 Å². The van der Waals surface area contributed by atoms with E-state index in [0.717, 1.165) is 16.7 Å². The van der Waals surface area contributed by atoms with Crippen LogP contribution in [0.1, 0.15) is 27.0 Å². The van der Waals surface area contributed by atoms with Gasteiger partial charge in [0.2, 0.25) is 0 Å². The number of carbonyl (C=O) groups is 1. The fraction of sp³-hybridized carbons (Fsp3) is 0.235. The van der Waals surface area contributed by atoms with Gasteiger partial charge in [0.05, 0.1) is 19.1 Å². The third-order valence-corrected chi connectivity index (χ3v) is 3.01. The Hall–Kier alpha value is -2.51. The van der Waals surface area contributed by atoms with Crippen molar-refractivity contribution in [3.63, 3.8) is 0 Å². The lowest BCUT2D eigenvalue weighted by molar-refractivity contribution is 0.0785. The van der Waals surface area contributed by atoms with Crippen LogP contribution < -0.4 is 5.73 Å². The monoisotopic (exact) mass is 282 g/mol. The zero-order valence-electron chi connectivity index (χ0n) is 12.2. The molecule has 2 aromatic rings. The maximum absolute atomic E-state index is 12.5. The first kappa shape index (κ1) is 14.9. The third-order valence-electron chi connectivity index (χ3n) is 3.01. The van der Waals surface area contributed by atoms with Crippen molar-refractivity contribution < 1.29 is 9.21 Å².